The molecular weight excluding hydrogens is 232 g/mol. The first-order valence-corrected chi connectivity index (χ1v) is 4.52. The molecule has 0 heterocycles. The molecule has 0 amide bonds. The van der Waals surface area contributed by atoms with Crippen LogP contribution in [-0.4, -0.2) is 13.4 Å². The van der Waals surface area contributed by atoms with E-state index in [1.807, 2.05) is 24.3 Å². The summed E-state index contributed by atoms with van der Waals surface area (Å²) in [4.78, 5) is 10.3. The van der Waals surface area contributed by atoms with Gasteiger partial charge in [0.2, 0.25) is 0 Å². The highest BCUT2D eigenvalue weighted by Gasteiger charge is 1.92. The fourth-order valence-corrected chi connectivity index (χ4v) is 1.16. The molecule has 0 atom stereocenters. The third kappa shape index (κ3) is 3.03. The Morgan fingerprint density at radius 1 is 1.38 bits per heavy atom. The quantitative estimate of drug-likeness (QED) is 0.600. The van der Waals surface area contributed by atoms with Crippen LogP contribution in [0.3, 0.4) is 0 Å². The summed E-state index contributed by atoms with van der Waals surface area (Å²) in [7, 11) is 1.62. The number of methoxy groups -OCH3 is 1. The van der Waals surface area contributed by atoms with Crippen LogP contribution in [0.1, 0.15) is 5.56 Å². The summed E-state index contributed by atoms with van der Waals surface area (Å²) in [5.41, 5.74) is 0.958. The van der Waals surface area contributed by atoms with Crippen LogP contribution in [0.5, 0.6) is 5.75 Å². The van der Waals surface area contributed by atoms with Gasteiger partial charge in [-0.1, -0.05) is 12.1 Å². The van der Waals surface area contributed by atoms with Crippen molar-refractivity contribution in [2.45, 2.75) is 0 Å². The molecule has 0 unspecified atom stereocenters. The largest absolute Gasteiger partial charge is 0.497 e. The zero-order valence-corrected chi connectivity index (χ0v) is 8.74. The van der Waals surface area contributed by atoms with Gasteiger partial charge in [0.05, 0.1) is 11.6 Å². The van der Waals surface area contributed by atoms with Gasteiger partial charge in [-0.15, -0.1) is 0 Å². The van der Waals surface area contributed by atoms with Crippen LogP contribution < -0.4 is 4.74 Å². The van der Waals surface area contributed by atoms with E-state index in [0.29, 0.717) is 4.48 Å². The molecule has 1 rings (SSSR count). The summed E-state index contributed by atoms with van der Waals surface area (Å²) < 4.78 is 5.52. The molecule has 0 saturated heterocycles. The lowest BCUT2D eigenvalue weighted by Crippen LogP contribution is -1.81. The molecule has 0 aliphatic carbocycles. The molecule has 3 heteroatoms. The Bertz CT molecular complexity index is 314. The smallest absolute Gasteiger partial charge is 0.157 e. The molecule has 1 aromatic carbocycles. The Kier molecular flexibility index (Phi) is 3.71. The second-order valence-corrected chi connectivity index (χ2v) is 3.34. The van der Waals surface area contributed by atoms with E-state index >= 15 is 0 Å². The Balaban J connectivity index is 2.86. The van der Waals surface area contributed by atoms with E-state index < -0.39 is 0 Å². The van der Waals surface area contributed by atoms with Crippen LogP contribution in [0.25, 0.3) is 6.08 Å². The van der Waals surface area contributed by atoms with Crippen molar-refractivity contribution in [3.63, 3.8) is 0 Å². The first-order chi connectivity index (χ1) is 6.26. The van der Waals surface area contributed by atoms with Crippen molar-refractivity contribution >= 4 is 28.3 Å². The lowest BCUT2D eigenvalue weighted by Gasteiger charge is -1.98. The lowest BCUT2D eigenvalue weighted by molar-refractivity contribution is -0.104. The van der Waals surface area contributed by atoms with Crippen molar-refractivity contribution in [3.05, 3.63) is 34.3 Å². The van der Waals surface area contributed by atoms with E-state index in [2.05, 4.69) is 15.9 Å². The van der Waals surface area contributed by atoms with E-state index in [4.69, 9.17) is 4.74 Å². The first kappa shape index (κ1) is 9.99. The lowest BCUT2D eigenvalue weighted by atomic mass is 10.2. The first-order valence-electron chi connectivity index (χ1n) is 3.72. The summed E-state index contributed by atoms with van der Waals surface area (Å²) in [6, 6.07) is 7.45. The maximum atomic E-state index is 10.3. The van der Waals surface area contributed by atoms with Gasteiger partial charge < -0.3 is 4.74 Å². The summed E-state index contributed by atoms with van der Waals surface area (Å²) in [6.07, 6.45) is 2.50. The molecule has 0 aliphatic rings. The standard InChI is InChI=1S/C10H9BrO2/c1-13-10-4-2-8(3-5-10)6-9(11)7-12/h2-7H,1H3/b9-6-. The highest BCUT2D eigenvalue weighted by molar-refractivity contribution is 9.12. The highest BCUT2D eigenvalue weighted by atomic mass is 79.9. The number of ether oxygens (including phenoxy) is 1. The number of benzene rings is 1. The average molecular weight is 241 g/mol. The van der Waals surface area contributed by atoms with Gasteiger partial charge in [0.1, 0.15) is 5.75 Å². The zero-order chi connectivity index (χ0) is 9.68. The minimum Gasteiger partial charge on any atom is -0.497 e. The monoisotopic (exact) mass is 240 g/mol. The number of hydrogen-bond acceptors (Lipinski definition) is 2. The molecule has 1 aromatic rings. The summed E-state index contributed by atoms with van der Waals surface area (Å²) in [5.74, 6) is 0.805. The van der Waals surface area contributed by atoms with Gasteiger partial charge in [-0.05, 0) is 39.7 Å². The summed E-state index contributed by atoms with van der Waals surface area (Å²) in [6.45, 7) is 0. The SMILES string of the molecule is COc1ccc(/C=C(\Br)C=O)cc1. The molecular formula is C10H9BrO2. The van der Waals surface area contributed by atoms with Crippen molar-refractivity contribution in [2.24, 2.45) is 0 Å². The molecule has 0 spiro atoms. The number of halogens is 1. The molecule has 2 nitrogen and oxygen atoms in total. The Morgan fingerprint density at radius 3 is 2.46 bits per heavy atom. The average Bonchev–Trinajstić information content (AvgIpc) is 2.19. The Morgan fingerprint density at radius 2 is 2.00 bits per heavy atom. The zero-order valence-electron chi connectivity index (χ0n) is 7.16. The Hall–Kier alpha value is -1.09. The number of allylic oxidation sites excluding steroid dienone is 1. The van der Waals surface area contributed by atoms with Crippen molar-refractivity contribution in [3.8, 4) is 5.75 Å². The molecule has 0 fully saturated rings. The minimum absolute atomic E-state index is 0.526. The molecule has 0 aromatic heterocycles. The van der Waals surface area contributed by atoms with Gasteiger partial charge in [0.15, 0.2) is 6.29 Å². The molecule has 0 radical (unpaired) electrons. The molecule has 0 aliphatic heterocycles. The van der Waals surface area contributed by atoms with Gasteiger partial charge in [-0.2, -0.15) is 0 Å². The van der Waals surface area contributed by atoms with E-state index in [1.54, 1.807) is 13.2 Å². The van der Waals surface area contributed by atoms with E-state index in [0.717, 1.165) is 17.6 Å². The molecule has 0 saturated carbocycles. The fourth-order valence-electron chi connectivity index (χ4n) is 0.893. The number of rotatable bonds is 3. The third-order valence-electron chi connectivity index (χ3n) is 1.53. The van der Waals surface area contributed by atoms with E-state index in [1.165, 1.54) is 0 Å². The summed E-state index contributed by atoms with van der Waals surface area (Å²) in [5, 5.41) is 0. The number of aldehydes is 1. The fraction of sp³-hybridized carbons (Fsp3) is 0.100. The molecule has 13 heavy (non-hydrogen) atoms. The molecule has 0 N–H and O–H groups in total. The number of carbonyl (C=O) groups excluding carboxylic acids is 1. The van der Waals surface area contributed by atoms with Crippen LogP contribution in [0, 0.1) is 0 Å². The highest BCUT2D eigenvalue weighted by Crippen LogP contribution is 2.14. The second kappa shape index (κ2) is 4.82. The topological polar surface area (TPSA) is 26.3 Å². The van der Waals surface area contributed by atoms with Gasteiger partial charge in [0.25, 0.3) is 0 Å². The second-order valence-electron chi connectivity index (χ2n) is 2.42. The van der Waals surface area contributed by atoms with Crippen LogP contribution in [0.15, 0.2) is 28.7 Å². The maximum absolute atomic E-state index is 10.3. The number of carbonyl (C=O) groups is 1. The van der Waals surface area contributed by atoms with Gasteiger partial charge >= 0.3 is 0 Å². The van der Waals surface area contributed by atoms with Crippen LogP contribution >= 0.6 is 15.9 Å². The van der Waals surface area contributed by atoms with Crippen molar-refractivity contribution in [1.29, 1.82) is 0 Å². The molecule has 0 bridgehead atoms. The number of hydrogen-bond donors (Lipinski definition) is 0. The Labute approximate surface area is 85.3 Å². The van der Waals surface area contributed by atoms with Crippen molar-refractivity contribution in [2.75, 3.05) is 7.11 Å². The predicted molar refractivity (Wildman–Crippen MR) is 56.0 cm³/mol. The van der Waals surface area contributed by atoms with E-state index in [9.17, 15) is 4.79 Å². The molecule has 68 valence electrons. The van der Waals surface area contributed by atoms with Crippen molar-refractivity contribution < 1.29 is 9.53 Å². The van der Waals surface area contributed by atoms with Gasteiger partial charge in [-0.3, -0.25) is 4.79 Å². The summed E-state index contributed by atoms with van der Waals surface area (Å²) >= 11 is 3.11. The maximum Gasteiger partial charge on any atom is 0.157 e. The van der Waals surface area contributed by atoms with Crippen LogP contribution in [-0.2, 0) is 4.79 Å². The minimum atomic E-state index is 0.526. The van der Waals surface area contributed by atoms with Gasteiger partial charge in [0, 0.05) is 0 Å². The third-order valence-corrected chi connectivity index (χ3v) is 1.95. The van der Waals surface area contributed by atoms with Crippen molar-refractivity contribution in [1.82, 2.24) is 0 Å². The van der Waals surface area contributed by atoms with Gasteiger partial charge in [-0.25, -0.2) is 0 Å². The predicted octanol–water partition coefficient (Wildman–Crippen LogP) is 2.63. The normalized spacial score (nSPS) is 11.1. The van der Waals surface area contributed by atoms with Crippen LogP contribution in [0.4, 0.5) is 0 Å². The van der Waals surface area contributed by atoms with Crippen LogP contribution in [0.2, 0.25) is 0 Å². The van der Waals surface area contributed by atoms with E-state index in [-0.39, 0.29) is 0 Å².